The highest BCUT2D eigenvalue weighted by atomic mass is 16.6. The number of amides is 2. The molecule has 1 saturated heterocycles. The van der Waals surface area contributed by atoms with Gasteiger partial charge in [0.2, 0.25) is 11.8 Å². The van der Waals surface area contributed by atoms with Crippen molar-refractivity contribution in [2.75, 3.05) is 24.7 Å². The lowest BCUT2D eigenvalue weighted by atomic mass is 10.0. The summed E-state index contributed by atoms with van der Waals surface area (Å²) in [6.07, 6.45) is 0.654. The Morgan fingerprint density at radius 3 is 2.63 bits per heavy atom. The number of benzene rings is 1. The maximum Gasteiger partial charge on any atom is 0.326 e. The molecule has 1 aromatic rings. The molecule has 2 N–H and O–H groups in total. The molecule has 1 fully saturated rings. The molecule has 0 aliphatic carbocycles. The van der Waals surface area contributed by atoms with Gasteiger partial charge < -0.3 is 24.8 Å². The number of hydrogen-bond acceptors (Lipinski definition) is 5. The number of anilines is 1. The van der Waals surface area contributed by atoms with Gasteiger partial charge in [0, 0.05) is 18.3 Å². The molecule has 2 heterocycles. The maximum atomic E-state index is 12.7. The van der Waals surface area contributed by atoms with E-state index >= 15 is 0 Å². The van der Waals surface area contributed by atoms with E-state index in [4.69, 9.17) is 9.47 Å². The van der Waals surface area contributed by atoms with Crippen LogP contribution in [0.1, 0.15) is 26.7 Å². The highest BCUT2D eigenvalue weighted by molar-refractivity contribution is 6.10. The minimum absolute atomic E-state index is 0.111. The molecule has 2 aliphatic heterocycles. The monoisotopic (exact) mass is 376 g/mol. The van der Waals surface area contributed by atoms with Crippen LogP contribution in [0.25, 0.3) is 0 Å². The molecule has 1 aromatic carbocycles. The number of aliphatic carboxylic acids is 1. The Morgan fingerprint density at radius 2 is 1.96 bits per heavy atom. The molecule has 1 unspecified atom stereocenters. The van der Waals surface area contributed by atoms with E-state index in [0.29, 0.717) is 49.8 Å². The van der Waals surface area contributed by atoms with Gasteiger partial charge in [0.1, 0.15) is 25.2 Å². The van der Waals surface area contributed by atoms with Crippen molar-refractivity contribution in [3.05, 3.63) is 18.2 Å². The molecule has 0 radical (unpaired) electrons. The average molecular weight is 376 g/mol. The summed E-state index contributed by atoms with van der Waals surface area (Å²) in [7, 11) is 0. The summed E-state index contributed by atoms with van der Waals surface area (Å²) in [5.74, 6) is -1.53. The van der Waals surface area contributed by atoms with Crippen molar-refractivity contribution < 1.29 is 29.0 Å². The van der Waals surface area contributed by atoms with Crippen LogP contribution < -0.4 is 19.7 Å². The molecule has 0 aromatic heterocycles. The predicted octanol–water partition coefficient (Wildman–Crippen LogP) is 1.43. The molecule has 2 atom stereocenters. The standard InChI is InChI=1S/C19H24N2O6/c1-11(2)9-14(19(24)25)20-17(22)13-5-6-21(18(13)23)12-3-4-15-16(10-12)27-8-7-26-15/h3-4,10-11,13-14H,5-9H2,1-2H3,(H,20,22)(H,24,25)/t13?,14-/m1/s1. The van der Waals surface area contributed by atoms with E-state index < -0.39 is 23.8 Å². The van der Waals surface area contributed by atoms with Crippen molar-refractivity contribution in [1.82, 2.24) is 5.32 Å². The molecule has 0 spiro atoms. The van der Waals surface area contributed by atoms with Gasteiger partial charge in [-0.15, -0.1) is 0 Å². The Bertz CT molecular complexity index is 748. The molecule has 3 rings (SSSR count). The third-order valence-corrected chi connectivity index (χ3v) is 4.68. The van der Waals surface area contributed by atoms with Crippen LogP contribution in [0.4, 0.5) is 5.69 Å². The SMILES string of the molecule is CC(C)C[C@@H](NC(=O)C1CCN(c2ccc3c(c2)OCCO3)C1=O)C(=O)O. The topological polar surface area (TPSA) is 105 Å². The number of nitrogens with zero attached hydrogens (tertiary/aromatic N) is 1. The smallest absolute Gasteiger partial charge is 0.326 e. The predicted molar refractivity (Wildman–Crippen MR) is 96.9 cm³/mol. The molecule has 0 saturated carbocycles. The number of carbonyl (C=O) groups excluding carboxylic acids is 2. The molecule has 2 aliphatic rings. The second kappa shape index (κ2) is 7.85. The van der Waals surface area contributed by atoms with E-state index in [1.54, 1.807) is 18.2 Å². The fraction of sp³-hybridized carbons (Fsp3) is 0.526. The molecule has 27 heavy (non-hydrogen) atoms. The van der Waals surface area contributed by atoms with E-state index in [1.807, 2.05) is 13.8 Å². The summed E-state index contributed by atoms with van der Waals surface area (Å²) in [6.45, 7) is 5.08. The van der Waals surface area contributed by atoms with Crippen LogP contribution in [0.3, 0.4) is 0 Å². The minimum atomic E-state index is -1.09. The zero-order chi connectivity index (χ0) is 19.6. The van der Waals surface area contributed by atoms with Crippen molar-refractivity contribution in [3.63, 3.8) is 0 Å². The fourth-order valence-electron chi connectivity index (χ4n) is 3.34. The van der Waals surface area contributed by atoms with Crippen LogP contribution >= 0.6 is 0 Å². The van der Waals surface area contributed by atoms with Gasteiger partial charge in [-0.2, -0.15) is 0 Å². The second-order valence-corrected chi connectivity index (χ2v) is 7.19. The first-order chi connectivity index (χ1) is 12.9. The van der Waals surface area contributed by atoms with E-state index in [0.717, 1.165) is 0 Å². The van der Waals surface area contributed by atoms with E-state index in [1.165, 1.54) is 4.90 Å². The molecule has 0 bridgehead atoms. The van der Waals surface area contributed by atoms with Crippen LogP contribution in [0.15, 0.2) is 18.2 Å². The van der Waals surface area contributed by atoms with Crippen molar-refractivity contribution in [3.8, 4) is 11.5 Å². The summed E-state index contributed by atoms with van der Waals surface area (Å²) < 4.78 is 11.0. The van der Waals surface area contributed by atoms with Crippen LogP contribution in [-0.2, 0) is 14.4 Å². The summed E-state index contributed by atoms with van der Waals surface area (Å²) >= 11 is 0. The molecule has 8 heteroatoms. The molecular formula is C19H24N2O6. The van der Waals surface area contributed by atoms with Gasteiger partial charge in [-0.05, 0) is 30.9 Å². The highest BCUT2D eigenvalue weighted by Crippen LogP contribution is 2.36. The Morgan fingerprint density at radius 1 is 1.26 bits per heavy atom. The number of hydrogen-bond donors (Lipinski definition) is 2. The third kappa shape index (κ3) is 4.15. The first-order valence-electron chi connectivity index (χ1n) is 9.11. The van der Waals surface area contributed by atoms with Gasteiger partial charge in [0.05, 0.1) is 0 Å². The van der Waals surface area contributed by atoms with Crippen LogP contribution in [0, 0.1) is 11.8 Å². The van der Waals surface area contributed by atoms with Crippen LogP contribution in [0.5, 0.6) is 11.5 Å². The van der Waals surface area contributed by atoms with Gasteiger partial charge in [-0.25, -0.2) is 4.79 Å². The summed E-state index contributed by atoms with van der Waals surface area (Å²) in [6, 6.07) is 4.23. The van der Waals surface area contributed by atoms with Crippen molar-refractivity contribution >= 4 is 23.5 Å². The minimum Gasteiger partial charge on any atom is -0.486 e. The highest BCUT2D eigenvalue weighted by Gasteiger charge is 2.39. The lowest BCUT2D eigenvalue weighted by Crippen LogP contribution is -2.46. The van der Waals surface area contributed by atoms with Crippen molar-refractivity contribution in [2.24, 2.45) is 11.8 Å². The summed E-state index contributed by atoms with van der Waals surface area (Å²) in [4.78, 5) is 38.1. The number of carbonyl (C=O) groups is 3. The average Bonchev–Trinajstić information content (AvgIpc) is 3.01. The third-order valence-electron chi connectivity index (χ3n) is 4.68. The quantitative estimate of drug-likeness (QED) is 0.728. The lowest BCUT2D eigenvalue weighted by Gasteiger charge is -2.22. The Kier molecular flexibility index (Phi) is 5.53. The molecule has 2 amide bonds. The van der Waals surface area contributed by atoms with Gasteiger partial charge >= 0.3 is 5.97 Å². The maximum absolute atomic E-state index is 12.7. The van der Waals surface area contributed by atoms with Crippen molar-refractivity contribution in [1.29, 1.82) is 0 Å². The Hall–Kier alpha value is -2.77. The lowest BCUT2D eigenvalue weighted by molar-refractivity contribution is -0.144. The Balaban J connectivity index is 1.69. The number of ether oxygens (including phenoxy) is 2. The zero-order valence-electron chi connectivity index (χ0n) is 15.4. The van der Waals surface area contributed by atoms with Gasteiger partial charge in [0.15, 0.2) is 11.5 Å². The van der Waals surface area contributed by atoms with Crippen molar-refractivity contribution in [2.45, 2.75) is 32.7 Å². The number of nitrogens with one attached hydrogen (secondary N) is 1. The molecule has 146 valence electrons. The summed E-state index contributed by atoms with van der Waals surface area (Å²) in [5, 5.41) is 11.8. The first-order valence-corrected chi connectivity index (χ1v) is 9.11. The number of carboxylic acid groups (broad SMARTS) is 1. The van der Waals surface area contributed by atoms with Gasteiger partial charge in [-0.1, -0.05) is 13.8 Å². The molecular weight excluding hydrogens is 352 g/mol. The largest absolute Gasteiger partial charge is 0.486 e. The molecule has 8 nitrogen and oxygen atoms in total. The van der Waals surface area contributed by atoms with E-state index in [2.05, 4.69) is 5.32 Å². The number of rotatable bonds is 6. The van der Waals surface area contributed by atoms with Gasteiger partial charge in [-0.3, -0.25) is 9.59 Å². The number of carboxylic acids is 1. The normalized spacial score (nSPS) is 19.9. The van der Waals surface area contributed by atoms with Crippen LogP contribution in [-0.4, -0.2) is 48.7 Å². The first kappa shape index (κ1) is 19.0. The van der Waals surface area contributed by atoms with Gasteiger partial charge in [0.25, 0.3) is 0 Å². The Labute approximate surface area is 157 Å². The van der Waals surface area contributed by atoms with Crippen LogP contribution in [0.2, 0.25) is 0 Å². The fourth-order valence-corrected chi connectivity index (χ4v) is 3.34. The summed E-state index contributed by atoms with van der Waals surface area (Å²) in [5.41, 5.74) is 0.636. The number of fused-ring (bicyclic) bond motifs is 1. The second-order valence-electron chi connectivity index (χ2n) is 7.19. The zero-order valence-corrected chi connectivity index (χ0v) is 15.4. The van der Waals surface area contributed by atoms with E-state index in [9.17, 15) is 19.5 Å². The van der Waals surface area contributed by atoms with E-state index in [-0.39, 0.29) is 11.8 Å².